The van der Waals surface area contributed by atoms with Gasteiger partial charge in [0.1, 0.15) is 5.54 Å². The first-order valence-electron chi connectivity index (χ1n) is 10.6. The molecule has 1 N–H and O–H groups in total. The summed E-state index contributed by atoms with van der Waals surface area (Å²) in [6, 6.07) is 8.92. The van der Waals surface area contributed by atoms with E-state index in [2.05, 4.69) is 17.2 Å². The number of nitrogens with zero attached hydrogens (tertiary/aromatic N) is 3. The smallest absolute Gasteiger partial charge is 0.319 e. The van der Waals surface area contributed by atoms with E-state index in [0.29, 0.717) is 11.1 Å². The number of imide groups is 1. The minimum absolute atomic E-state index is 0.285. The first kappa shape index (κ1) is 22.0. The first-order valence-corrected chi connectivity index (χ1v) is 11.5. The average molecular weight is 451 g/mol. The third-order valence-electron chi connectivity index (χ3n) is 5.99. The van der Waals surface area contributed by atoms with Crippen LogP contribution in [-0.2, 0) is 16.8 Å². The summed E-state index contributed by atoms with van der Waals surface area (Å²) in [7, 11) is 0. The summed E-state index contributed by atoms with van der Waals surface area (Å²) >= 11 is 1.48. The van der Waals surface area contributed by atoms with Crippen molar-refractivity contribution in [2.75, 3.05) is 6.54 Å². The zero-order valence-electron chi connectivity index (χ0n) is 18.6. The molecule has 4 rings (SSSR count). The lowest BCUT2D eigenvalue weighted by Crippen LogP contribution is -2.41. The van der Waals surface area contributed by atoms with Gasteiger partial charge in [0.25, 0.3) is 5.91 Å². The van der Waals surface area contributed by atoms with Gasteiger partial charge >= 0.3 is 6.03 Å². The van der Waals surface area contributed by atoms with E-state index in [-0.39, 0.29) is 12.3 Å². The van der Waals surface area contributed by atoms with Crippen LogP contribution in [0, 0.1) is 13.8 Å². The van der Waals surface area contributed by atoms with E-state index < -0.39 is 17.5 Å². The van der Waals surface area contributed by atoms with Crippen molar-refractivity contribution in [2.45, 2.75) is 46.1 Å². The summed E-state index contributed by atoms with van der Waals surface area (Å²) < 4.78 is 1.91. The summed E-state index contributed by atoms with van der Waals surface area (Å²) in [5.41, 5.74) is 2.78. The highest BCUT2D eigenvalue weighted by atomic mass is 32.1. The van der Waals surface area contributed by atoms with Crippen LogP contribution in [0.3, 0.4) is 0 Å². The topological polar surface area (TPSA) is 84.3 Å². The molecule has 1 unspecified atom stereocenters. The number of rotatable bonds is 7. The lowest BCUT2D eigenvalue weighted by molar-refractivity contribution is -0.130. The number of aryl methyl sites for hydroxylation is 2. The van der Waals surface area contributed by atoms with Crippen LogP contribution in [0.2, 0.25) is 0 Å². The van der Waals surface area contributed by atoms with E-state index in [9.17, 15) is 14.4 Å². The van der Waals surface area contributed by atoms with Gasteiger partial charge in [-0.1, -0.05) is 37.6 Å². The number of thiazole rings is 1. The Labute approximate surface area is 191 Å². The second-order valence-electron chi connectivity index (χ2n) is 8.25. The molecule has 2 aromatic heterocycles. The van der Waals surface area contributed by atoms with Crippen LogP contribution in [0.4, 0.5) is 4.79 Å². The van der Waals surface area contributed by atoms with E-state index in [1.165, 1.54) is 16.9 Å². The molecule has 1 atom stereocenters. The number of hydrogen-bond acceptors (Lipinski definition) is 5. The highest BCUT2D eigenvalue weighted by Gasteiger charge is 2.49. The highest BCUT2D eigenvalue weighted by molar-refractivity contribution is 7.12. The quantitative estimate of drug-likeness (QED) is 0.433. The monoisotopic (exact) mass is 450 g/mol. The second kappa shape index (κ2) is 8.35. The molecule has 166 valence electrons. The number of hydrogen-bond donors (Lipinski definition) is 1. The molecule has 0 aliphatic carbocycles. The Hall–Kier alpha value is -3.26. The minimum atomic E-state index is -1.19. The Morgan fingerprint density at radius 1 is 1.19 bits per heavy atom. The fourth-order valence-corrected chi connectivity index (χ4v) is 4.98. The molecular weight excluding hydrogens is 424 g/mol. The molecule has 0 saturated carbocycles. The van der Waals surface area contributed by atoms with Crippen molar-refractivity contribution in [1.82, 2.24) is 19.8 Å². The molecule has 0 spiro atoms. The molecule has 1 aliphatic rings. The van der Waals surface area contributed by atoms with Gasteiger partial charge in [-0.15, -0.1) is 11.3 Å². The van der Waals surface area contributed by atoms with Crippen LogP contribution in [0.25, 0.3) is 5.13 Å². The summed E-state index contributed by atoms with van der Waals surface area (Å²) in [5.74, 6) is -0.709. The first-order chi connectivity index (χ1) is 15.3. The number of Topliss-reactive ketones (excluding diaryl/α,β-unsaturated/α-hetero) is 1. The number of ketones is 1. The maximum atomic E-state index is 13.2. The molecule has 3 aromatic rings. The van der Waals surface area contributed by atoms with E-state index in [0.717, 1.165) is 34.3 Å². The van der Waals surface area contributed by atoms with Crippen LogP contribution in [0.5, 0.6) is 0 Å². The van der Waals surface area contributed by atoms with Gasteiger partial charge < -0.3 is 5.32 Å². The lowest BCUT2D eigenvalue weighted by Gasteiger charge is -2.22. The molecule has 0 bridgehead atoms. The second-order valence-corrected chi connectivity index (χ2v) is 9.12. The molecule has 3 amide bonds. The molecule has 1 fully saturated rings. The zero-order chi connectivity index (χ0) is 23.0. The van der Waals surface area contributed by atoms with Gasteiger partial charge in [0, 0.05) is 28.5 Å². The Kier molecular flexibility index (Phi) is 5.73. The number of urea groups is 1. The van der Waals surface area contributed by atoms with E-state index >= 15 is 0 Å². The minimum Gasteiger partial charge on any atom is -0.319 e. The predicted molar refractivity (Wildman–Crippen MR) is 123 cm³/mol. The molecule has 32 heavy (non-hydrogen) atoms. The lowest BCUT2D eigenvalue weighted by atomic mass is 9.91. The van der Waals surface area contributed by atoms with Crippen LogP contribution in [0.15, 0.2) is 41.9 Å². The van der Waals surface area contributed by atoms with Gasteiger partial charge in [0.2, 0.25) is 0 Å². The van der Waals surface area contributed by atoms with Crippen LogP contribution >= 0.6 is 11.3 Å². The predicted octanol–water partition coefficient (Wildman–Crippen LogP) is 4.15. The van der Waals surface area contributed by atoms with E-state index in [1.807, 2.05) is 48.1 Å². The summed E-state index contributed by atoms with van der Waals surface area (Å²) in [6.07, 6.45) is 3.70. The molecule has 1 aromatic carbocycles. The summed E-state index contributed by atoms with van der Waals surface area (Å²) in [4.78, 5) is 44.4. The number of carbonyl (C=O) groups is 3. The van der Waals surface area contributed by atoms with Gasteiger partial charge in [0.15, 0.2) is 10.9 Å². The van der Waals surface area contributed by atoms with Crippen molar-refractivity contribution in [3.8, 4) is 5.13 Å². The Morgan fingerprint density at radius 2 is 1.91 bits per heavy atom. The molecule has 1 saturated heterocycles. The van der Waals surface area contributed by atoms with Crippen molar-refractivity contribution in [2.24, 2.45) is 0 Å². The van der Waals surface area contributed by atoms with Gasteiger partial charge in [0.05, 0.1) is 6.54 Å². The van der Waals surface area contributed by atoms with Gasteiger partial charge in [-0.25, -0.2) is 9.78 Å². The molecular formula is C24H26N4O3S. The SMILES string of the molecule is CCCc1ccc(C2(C)NC(=O)N(CC(=O)c3cc(C)n(-c4nccs4)c3C)C2=O)cc1. The number of aromatic nitrogens is 2. The summed E-state index contributed by atoms with van der Waals surface area (Å²) in [6.45, 7) is 7.23. The van der Waals surface area contributed by atoms with Crippen molar-refractivity contribution >= 4 is 29.1 Å². The molecule has 7 nitrogen and oxygen atoms in total. The normalized spacial score (nSPS) is 18.3. The molecule has 8 heteroatoms. The third-order valence-corrected chi connectivity index (χ3v) is 6.75. The maximum absolute atomic E-state index is 13.2. The Balaban J connectivity index is 1.56. The van der Waals surface area contributed by atoms with Crippen molar-refractivity contribution in [1.29, 1.82) is 0 Å². The standard InChI is InChI=1S/C24H26N4O3S/c1-5-6-17-7-9-18(10-8-17)24(4)21(30)27(22(31)26-24)14-20(29)19-13-15(2)28(16(19)3)23-25-11-12-32-23/h7-13H,5-6,14H2,1-4H3,(H,26,31). The summed E-state index contributed by atoms with van der Waals surface area (Å²) in [5, 5.41) is 5.42. The van der Waals surface area contributed by atoms with E-state index in [4.69, 9.17) is 0 Å². The zero-order valence-corrected chi connectivity index (χ0v) is 19.5. The van der Waals surface area contributed by atoms with Crippen molar-refractivity contribution in [3.63, 3.8) is 0 Å². The highest BCUT2D eigenvalue weighted by Crippen LogP contribution is 2.30. The van der Waals surface area contributed by atoms with Crippen molar-refractivity contribution < 1.29 is 14.4 Å². The number of carbonyl (C=O) groups excluding carboxylic acids is 3. The largest absolute Gasteiger partial charge is 0.325 e. The molecule has 3 heterocycles. The van der Waals surface area contributed by atoms with Crippen LogP contribution < -0.4 is 5.32 Å². The average Bonchev–Trinajstić information content (AvgIpc) is 3.44. The third kappa shape index (κ3) is 3.64. The van der Waals surface area contributed by atoms with Crippen LogP contribution in [-0.4, -0.2) is 38.7 Å². The molecule has 1 aliphatic heterocycles. The maximum Gasteiger partial charge on any atom is 0.325 e. The van der Waals surface area contributed by atoms with E-state index in [1.54, 1.807) is 19.2 Å². The van der Waals surface area contributed by atoms with Gasteiger partial charge in [-0.2, -0.15) is 0 Å². The van der Waals surface area contributed by atoms with Gasteiger partial charge in [-0.3, -0.25) is 19.1 Å². The Bertz CT molecular complexity index is 1180. The number of amides is 3. The fourth-order valence-electron chi connectivity index (χ4n) is 4.22. The Morgan fingerprint density at radius 3 is 2.53 bits per heavy atom. The van der Waals surface area contributed by atoms with Crippen molar-refractivity contribution in [3.05, 3.63) is 70.0 Å². The number of benzene rings is 1. The number of nitrogens with one attached hydrogen (secondary N) is 1. The van der Waals surface area contributed by atoms with Gasteiger partial charge in [-0.05, 0) is 44.4 Å². The fraction of sp³-hybridized carbons (Fsp3) is 0.333. The van der Waals surface area contributed by atoms with Crippen LogP contribution in [0.1, 0.15) is 53.1 Å². The molecule has 0 radical (unpaired) electrons.